The minimum absolute atomic E-state index is 0.123. The SMILES string of the molecule is C=CCN(CC(=O)NCc1ccccc1)S(C)(=O)=O. The van der Waals surface area contributed by atoms with Crippen LogP contribution in [-0.2, 0) is 21.4 Å². The number of carbonyl (C=O) groups excluding carboxylic acids is 1. The molecule has 0 aromatic heterocycles. The normalized spacial score (nSPS) is 11.3. The molecule has 0 aliphatic heterocycles. The minimum Gasteiger partial charge on any atom is -0.351 e. The maximum Gasteiger partial charge on any atom is 0.235 e. The lowest BCUT2D eigenvalue weighted by molar-refractivity contribution is -0.121. The third-order valence-corrected chi connectivity index (χ3v) is 3.67. The van der Waals surface area contributed by atoms with Crippen LogP contribution in [0.15, 0.2) is 43.0 Å². The molecule has 0 heterocycles. The Labute approximate surface area is 114 Å². The van der Waals surface area contributed by atoms with Crippen LogP contribution < -0.4 is 5.32 Å². The molecule has 1 aromatic rings. The number of sulfonamides is 1. The van der Waals surface area contributed by atoms with Crippen molar-refractivity contribution in [2.75, 3.05) is 19.3 Å². The van der Waals surface area contributed by atoms with Crippen LogP contribution in [0.4, 0.5) is 0 Å². The summed E-state index contributed by atoms with van der Waals surface area (Å²) < 4.78 is 23.9. The number of nitrogens with one attached hydrogen (secondary N) is 1. The molecule has 0 spiro atoms. The number of amides is 1. The lowest BCUT2D eigenvalue weighted by Gasteiger charge is -2.17. The molecule has 0 saturated carbocycles. The predicted molar refractivity (Wildman–Crippen MR) is 74.9 cm³/mol. The molecule has 104 valence electrons. The Kier molecular flexibility index (Phi) is 5.72. The van der Waals surface area contributed by atoms with Gasteiger partial charge in [0.15, 0.2) is 0 Å². The van der Waals surface area contributed by atoms with Crippen molar-refractivity contribution in [1.29, 1.82) is 0 Å². The molecule has 1 N–H and O–H groups in total. The van der Waals surface area contributed by atoms with Crippen LogP contribution in [-0.4, -0.2) is 38.0 Å². The molecule has 0 aliphatic rings. The van der Waals surface area contributed by atoms with Crippen LogP contribution >= 0.6 is 0 Å². The highest BCUT2D eigenvalue weighted by Gasteiger charge is 2.18. The molecule has 0 saturated heterocycles. The van der Waals surface area contributed by atoms with Gasteiger partial charge >= 0.3 is 0 Å². The average Bonchev–Trinajstić information content (AvgIpc) is 2.36. The van der Waals surface area contributed by atoms with Crippen molar-refractivity contribution in [3.05, 3.63) is 48.6 Å². The summed E-state index contributed by atoms with van der Waals surface area (Å²) >= 11 is 0. The van der Waals surface area contributed by atoms with Crippen molar-refractivity contribution in [3.8, 4) is 0 Å². The van der Waals surface area contributed by atoms with Gasteiger partial charge in [-0.3, -0.25) is 4.79 Å². The van der Waals surface area contributed by atoms with Crippen LogP contribution in [0.3, 0.4) is 0 Å². The number of hydrogen-bond donors (Lipinski definition) is 1. The van der Waals surface area contributed by atoms with Crippen molar-refractivity contribution in [3.63, 3.8) is 0 Å². The van der Waals surface area contributed by atoms with Gasteiger partial charge in [0.05, 0.1) is 12.8 Å². The molecule has 0 fully saturated rings. The molecule has 0 atom stereocenters. The lowest BCUT2D eigenvalue weighted by Crippen LogP contribution is -2.40. The van der Waals surface area contributed by atoms with E-state index in [1.54, 1.807) is 0 Å². The summed E-state index contributed by atoms with van der Waals surface area (Å²) in [6.45, 7) is 3.78. The first-order valence-electron chi connectivity index (χ1n) is 5.80. The van der Waals surface area contributed by atoms with Crippen LogP contribution in [0.25, 0.3) is 0 Å². The summed E-state index contributed by atoms with van der Waals surface area (Å²) in [4.78, 5) is 11.7. The van der Waals surface area contributed by atoms with Crippen molar-refractivity contribution >= 4 is 15.9 Å². The summed E-state index contributed by atoms with van der Waals surface area (Å²) in [5, 5.41) is 2.68. The average molecular weight is 282 g/mol. The van der Waals surface area contributed by atoms with E-state index in [-0.39, 0.29) is 19.0 Å². The highest BCUT2D eigenvalue weighted by Crippen LogP contribution is 1.99. The maximum atomic E-state index is 11.7. The van der Waals surface area contributed by atoms with Crippen molar-refractivity contribution in [2.45, 2.75) is 6.54 Å². The summed E-state index contributed by atoms with van der Waals surface area (Å²) in [7, 11) is -3.40. The van der Waals surface area contributed by atoms with Gasteiger partial charge in [-0.05, 0) is 5.56 Å². The second kappa shape index (κ2) is 7.06. The molecule has 1 aromatic carbocycles. The largest absolute Gasteiger partial charge is 0.351 e. The molecule has 0 aliphatic carbocycles. The predicted octanol–water partition coefficient (Wildman–Crippen LogP) is 0.750. The number of nitrogens with zero attached hydrogens (tertiary/aromatic N) is 1. The summed E-state index contributed by atoms with van der Waals surface area (Å²) in [5.74, 6) is -0.337. The smallest absolute Gasteiger partial charge is 0.235 e. The van der Waals surface area contributed by atoms with Gasteiger partial charge in [0.2, 0.25) is 15.9 Å². The van der Waals surface area contributed by atoms with Crippen molar-refractivity contribution in [2.24, 2.45) is 0 Å². The summed E-state index contributed by atoms with van der Waals surface area (Å²) in [6, 6.07) is 9.42. The monoisotopic (exact) mass is 282 g/mol. The van der Waals surface area contributed by atoms with Crippen LogP contribution in [0, 0.1) is 0 Å². The van der Waals surface area contributed by atoms with Crippen molar-refractivity contribution in [1.82, 2.24) is 9.62 Å². The minimum atomic E-state index is -3.40. The molecule has 0 bridgehead atoms. The Morgan fingerprint density at radius 3 is 2.53 bits per heavy atom. The van der Waals surface area contributed by atoms with Gasteiger partial charge in [-0.15, -0.1) is 6.58 Å². The van der Waals surface area contributed by atoms with E-state index in [0.717, 1.165) is 16.1 Å². The fraction of sp³-hybridized carbons (Fsp3) is 0.308. The van der Waals surface area contributed by atoms with E-state index in [1.165, 1.54) is 6.08 Å². The lowest BCUT2D eigenvalue weighted by atomic mass is 10.2. The molecule has 0 unspecified atom stereocenters. The fourth-order valence-corrected chi connectivity index (χ4v) is 2.20. The highest BCUT2D eigenvalue weighted by molar-refractivity contribution is 7.88. The van der Waals surface area contributed by atoms with Gasteiger partial charge in [0, 0.05) is 13.1 Å². The zero-order valence-electron chi connectivity index (χ0n) is 10.9. The maximum absolute atomic E-state index is 11.7. The van der Waals surface area contributed by atoms with E-state index in [1.807, 2.05) is 30.3 Å². The Morgan fingerprint density at radius 2 is 2.00 bits per heavy atom. The van der Waals surface area contributed by atoms with E-state index in [0.29, 0.717) is 6.54 Å². The van der Waals surface area contributed by atoms with E-state index in [2.05, 4.69) is 11.9 Å². The fourth-order valence-electron chi connectivity index (χ4n) is 1.47. The molecule has 1 rings (SSSR count). The van der Waals surface area contributed by atoms with Crippen LogP contribution in [0.1, 0.15) is 5.56 Å². The highest BCUT2D eigenvalue weighted by atomic mass is 32.2. The number of carbonyl (C=O) groups is 1. The molecular weight excluding hydrogens is 264 g/mol. The Bertz CT molecular complexity index is 526. The van der Waals surface area contributed by atoms with E-state index in [4.69, 9.17) is 0 Å². The quantitative estimate of drug-likeness (QED) is 0.751. The van der Waals surface area contributed by atoms with Crippen molar-refractivity contribution < 1.29 is 13.2 Å². The second-order valence-electron chi connectivity index (χ2n) is 4.11. The molecule has 0 radical (unpaired) electrons. The number of benzene rings is 1. The van der Waals surface area contributed by atoms with E-state index < -0.39 is 10.0 Å². The molecule has 6 heteroatoms. The first kappa shape index (κ1) is 15.4. The van der Waals surface area contributed by atoms with E-state index >= 15 is 0 Å². The standard InChI is InChI=1S/C13H18N2O3S/c1-3-9-15(19(2,17)18)11-13(16)14-10-12-7-5-4-6-8-12/h3-8H,1,9-11H2,2H3,(H,14,16). The van der Waals surface area contributed by atoms with Gasteiger partial charge in [-0.2, -0.15) is 4.31 Å². The van der Waals surface area contributed by atoms with Gasteiger partial charge in [-0.25, -0.2) is 8.42 Å². The zero-order chi connectivity index (χ0) is 14.3. The Hall–Kier alpha value is -1.66. The third-order valence-electron chi connectivity index (χ3n) is 2.45. The molecule has 1 amide bonds. The van der Waals surface area contributed by atoms with Crippen LogP contribution in [0.2, 0.25) is 0 Å². The summed E-state index contributed by atoms with van der Waals surface area (Å²) in [6.07, 6.45) is 2.52. The van der Waals surface area contributed by atoms with Gasteiger partial charge in [-0.1, -0.05) is 36.4 Å². The Balaban J connectivity index is 2.52. The first-order valence-corrected chi connectivity index (χ1v) is 7.65. The second-order valence-corrected chi connectivity index (χ2v) is 6.09. The van der Waals surface area contributed by atoms with E-state index in [9.17, 15) is 13.2 Å². The van der Waals surface area contributed by atoms with Crippen LogP contribution in [0.5, 0.6) is 0 Å². The number of hydrogen-bond acceptors (Lipinski definition) is 3. The molecule has 19 heavy (non-hydrogen) atoms. The number of rotatable bonds is 7. The molecule has 5 nitrogen and oxygen atoms in total. The first-order chi connectivity index (χ1) is 8.93. The zero-order valence-corrected chi connectivity index (χ0v) is 11.7. The Morgan fingerprint density at radius 1 is 1.37 bits per heavy atom. The third kappa shape index (κ3) is 5.67. The van der Waals surface area contributed by atoms with Gasteiger partial charge in [0.25, 0.3) is 0 Å². The van der Waals surface area contributed by atoms with Gasteiger partial charge < -0.3 is 5.32 Å². The summed E-state index contributed by atoms with van der Waals surface area (Å²) in [5.41, 5.74) is 0.963. The topological polar surface area (TPSA) is 66.5 Å². The molecular formula is C13H18N2O3S. The van der Waals surface area contributed by atoms with Gasteiger partial charge in [0.1, 0.15) is 0 Å².